The molecule has 0 spiro atoms. The second-order valence-corrected chi connectivity index (χ2v) is 19.1. The van der Waals surface area contributed by atoms with Gasteiger partial charge < -0.3 is 42.1 Å². The summed E-state index contributed by atoms with van der Waals surface area (Å²) in [6, 6.07) is 4.63. The Kier molecular flexibility index (Phi) is 21.4. The summed E-state index contributed by atoms with van der Waals surface area (Å²) in [6.07, 6.45) is 6.56. The second kappa shape index (κ2) is 25.4. The van der Waals surface area contributed by atoms with Gasteiger partial charge in [-0.1, -0.05) is 92.7 Å². The van der Waals surface area contributed by atoms with Crippen LogP contribution in [0.5, 0.6) is 0 Å². The Bertz CT molecular complexity index is 1740. The zero-order valence-electron chi connectivity index (χ0n) is 38.7. The summed E-state index contributed by atoms with van der Waals surface area (Å²) in [5.74, 6) is -1.45. The van der Waals surface area contributed by atoms with Crippen molar-refractivity contribution in [3.63, 3.8) is 0 Å². The van der Waals surface area contributed by atoms with E-state index in [0.29, 0.717) is 36.5 Å². The summed E-state index contributed by atoms with van der Waals surface area (Å²) in [5, 5.41) is 34.5. The van der Waals surface area contributed by atoms with E-state index in [2.05, 4.69) is 46.9 Å². The normalized spacial score (nSPS) is 17.2. The molecule has 1 aliphatic heterocycles. The van der Waals surface area contributed by atoms with Crippen LogP contribution in [0.25, 0.3) is 0 Å². The van der Waals surface area contributed by atoms with Gasteiger partial charge in [-0.25, -0.2) is 4.98 Å². The number of anilines is 1. The lowest BCUT2D eigenvalue weighted by Crippen LogP contribution is -2.59. The zero-order chi connectivity index (χ0) is 46.1. The maximum absolute atomic E-state index is 14.9. The number of carbonyl (C=O) groups is 5. The van der Waals surface area contributed by atoms with Gasteiger partial charge >= 0.3 is 0 Å². The van der Waals surface area contributed by atoms with Crippen molar-refractivity contribution in [2.75, 3.05) is 32.0 Å². The van der Waals surface area contributed by atoms with Crippen LogP contribution in [0.4, 0.5) is 5.69 Å². The lowest BCUT2D eigenvalue weighted by Gasteiger charge is -2.40. The van der Waals surface area contributed by atoms with E-state index in [0.717, 1.165) is 57.1 Å². The molecule has 0 unspecified atom stereocenters. The van der Waals surface area contributed by atoms with Crippen LogP contribution in [0.15, 0.2) is 29.6 Å². The zero-order valence-corrected chi connectivity index (χ0v) is 39.5. The third kappa shape index (κ3) is 16.0. The fourth-order valence-corrected chi connectivity index (χ4v) is 8.94. The molecule has 2 heterocycles. The average Bonchev–Trinajstić information content (AvgIpc) is 3.72. The summed E-state index contributed by atoms with van der Waals surface area (Å²) in [6.45, 7) is 16.3. The van der Waals surface area contributed by atoms with Gasteiger partial charge in [0.1, 0.15) is 16.7 Å². The molecule has 0 bridgehead atoms. The van der Waals surface area contributed by atoms with E-state index < -0.39 is 35.7 Å². The fraction of sp³-hybridized carbons (Fsp3) is 0.696. The molecule has 1 aromatic heterocycles. The topological polar surface area (TPSA) is 219 Å². The number of unbranched alkanes of at least 4 members (excludes halogenated alkanes) is 3. The number of benzene rings is 1. The lowest BCUT2D eigenvalue weighted by molar-refractivity contribution is -0.142. The van der Waals surface area contributed by atoms with Crippen LogP contribution in [0.1, 0.15) is 147 Å². The number of rotatable bonds is 25. The summed E-state index contributed by atoms with van der Waals surface area (Å²) in [7, 11) is 1.96. The molecule has 1 fully saturated rings. The Morgan fingerprint density at radius 3 is 2.27 bits per heavy atom. The van der Waals surface area contributed by atoms with Gasteiger partial charge in [-0.2, -0.15) is 0 Å². The van der Waals surface area contributed by atoms with Crippen LogP contribution in [0.2, 0.25) is 0 Å². The van der Waals surface area contributed by atoms with Gasteiger partial charge in [0.05, 0.1) is 18.6 Å². The van der Waals surface area contributed by atoms with Crippen LogP contribution in [0.3, 0.4) is 0 Å². The van der Waals surface area contributed by atoms with E-state index in [-0.39, 0.29) is 66.2 Å². The second-order valence-electron chi connectivity index (χ2n) is 18.2. The Morgan fingerprint density at radius 1 is 1.00 bits per heavy atom. The molecule has 6 atom stereocenters. The number of likely N-dealkylation sites (N-methyl/N-ethyl adjacent to an activating group) is 1. The van der Waals surface area contributed by atoms with E-state index in [1.807, 2.05) is 37.9 Å². The van der Waals surface area contributed by atoms with E-state index in [9.17, 15) is 34.2 Å². The highest BCUT2D eigenvalue weighted by atomic mass is 32.1. The highest BCUT2D eigenvalue weighted by Crippen LogP contribution is 2.31. The monoisotopic (exact) mass is 885 g/mol. The van der Waals surface area contributed by atoms with E-state index >= 15 is 0 Å². The average molecular weight is 885 g/mol. The number of thiazole rings is 1. The molecule has 348 valence electrons. The third-order valence-corrected chi connectivity index (χ3v) is 13.1. The van der Waals surface area contributed by atoms with E-state index in [4.69, 9.17) is 10.7 Å². The van der Waals surface area contributed by atoms with Gasteiger partial charge in [-0.15, -0.1) is 11.3 Å². The van der Waals surface area contributed by atoms with Crippen LogP contribution in [0, 0.1) is 17.3 Å². The van der Waals surface area contributed by atoms with Gasteiger partial charge in [-0.3, -0.25) is 28.9 Å². The molecule has 0 aliphatic carbocycles. The van der Waals surface area contributed by atoms with Crippen molar-refractivity contribution in [1.82, 2.24) is 30.7 Å². The largest absolute Gasteiger partial charge is 0.368 e. The summed E-state index contributed by atoms with van der Waals surface area (Å²) in [5.41, 5.74) is 6.03. The standard InChI is InChI=1S/C46H76N8O7S/c1-10-12-13-15-23-54(44(59)40(30(5)11-2)52-42(58)37-17-14-16-22-53(37)9)38(29(3)4)25-35(48-31(6)55)43-51-36(28-62-43)41(57)50-34(26-46(7,8)45(60)61)24-32-18-20-33(21-19-32)49-39(56)27-47/h18-21,28-30,34-35,37-38,40,45,60-61H,10-17,22-27,47H2,1-9H3,(H,48,55)(H,49,56)(H,50,57)(H,52,58)/t30-,34-,35+,37+,38+,40-/m0/s1. The van der Waals surface area contributed by atoms with Gasteiger partial charge in [0.15, 0.2) is 6.29 Å². The molecule has 1 aliphatic rings. The van der Waals surface area contributed by atoms with Crippen molar-refractivity contribution in [3.8, 4) is 0 Å². The number of nitrogens with two attached hydrogens (primary N) is 1. The molecule has 62 heavy (non-hydrogen) atoms. The highest BCUT2D eigenvalue weighted by molar-refractivity contribution is 7.09. The quantitative estimate of drug-likeness (QED) is 0.0516. The molecule has 5 amide bonds. The van der Waals surface area contributed by atoms with Gasteiger partial charge in [0, 0.05) is 42.0 Å². The van der Waals surface area contributed by atoms with Crippen LogP contribution < -0.4 is 27.0 Å². The molecule has 1 aromatic carbocycles. The van der Waals surface area contributed by atoms with E-state index in [1.54, 1.807) is 31.4 Å². The minimum absolute atomic E-state index is 0.0288. The van der Waals surface area contributed by atoms with Crippen molar-refractivity contribution in [2.24, 2.45) is 23.0 Å². The fourth-order valence-electron chi connectivity index (χ4n) is 8.08. The Hall–Kier alpha value is -3.96. The predicted octanol–water partition coefficient (Wildman–Crippen LogP) is 5.12. The minimum Gasteiger partial charge on any atom is -0.368 e. The molecule has 3 rings (SSSR count). The first-order chi connectivity index (χ1) is 29.3. The number of aromatic nitrogens is 1. The number of carbonyl (C=O) groups excluding carboxylic acids is 5. The first kappa shape index (κ1) is 52.4. The number of aliphatic hydroxyl groups excluding tert-OH is 1. The Labute approximate surface area is 373 Å². The number of amides is 5. The van der Waals surface area contributed by atoms with Crippen LogP contribution in [-0.2, 0) is 25.6 Å². The smallest absolute Gasteiger partial charge is 0.270 e. The molecule has 0 radical (unpaired) electrons. The van der Waals surface area contributed by atoms with Crippen LogP contribution >= 0.6 is 11.3 Å². The molecule has 2 aromatic rings. The number of hydrogen-bond donors (Lipinski definition) is 7. The van der Waals surface area contributed by atoms with E-state index in [1.165, 1.54) is 18.3 Å². The first-order valence-electron chi connectivity index (χ1n) is 22.6. The van der Waals surface area contributed by atoms with Crippen molar-refractivity contribution >= 4 is 46.6 Å². The third-order valence-electron chi connectivity index (χ3n) is 12.2. The molecule has 16 heteroatoms. The number of nitrogens with one attached hydrogen (secondary N) is 4. The van der Waals surface area contributed by atoms with Crippen molar-refractivity contribution in [3.05, 3.63) is 45.9 Å². The molecule has 15 nitrogen and oxygen atoms in total. The van der Waals surface area contributed by atoms with Gasteiger partial charge in [0.2, 0.25) is 23.6 Å². The van der Waals surface area contributed by atoms with Gasteiger partial charge in [-0.05, 0) is 81.6 Å². The summed E-state index contributed by atoms with van der Waals surface area (Å²) in [4.78, 5) is 75.9. The number of likely N-dealkylation sites (tertiary alicyclic amines) is 1. The molecular formula is C46H76N8O7S. The number of hydrogen-bond acceptors (Lipinski definition) is 11. The lowest BCUT2D eigenvalue weighted by atomic mass is 9.83. The van der Waals surface area contributed by atoms with Gasteiger partial charge in [0.25, 0.3) is 5.91 Å². The maximum atomic E-state index is 14.9. The molecule has 0 saturated carbocycles. The molecular weight excluding hydrogens is 809 g/mol. The maximum Gasteiger partial charge on any atom is 0.270 e. The molecule has 1 saturated heterocycles. The van der Waals surface area contributed by atoms with Crippen molar-refractivity contribution in [1.29, 1.82) is 0 Å². The first-order valence-corrected chi connectivity index (χ1v) is 23.5. The number of nitrogens with zero attached hydrogens (tertiary/aromatic N) is 3. The Morgan fingerprint density at radius 2 is 1.69 bits per heavy atom. The van der Waals surface area contributed by atoms with Crippen molar-refractivity contribution < 1.29 is 34.2 Å². The Balaban J connectivity index is 1.93. The predicted molar refractivity (Wildman–Crippen MR) is 245 cm³/mol. The summed E-state index contributed by atoms with van der Waals surface area (Å²) < 4.78 is 0. The number of aliphatic hydroxyl groups is 2. The van der Waals surface area contributed by atoms with Crippen LogP contribution in [-0.4, -0.2) is 112 Å². The molecule has 8 N–H and O–H groups in total. The minimum atomic E-state index is -1.64. The SMILES string of the molecule is CCCCCCN(C(=O)[C@@H](NC(=O)[C@H]1CCCCN1C)[C@@H](C)CC)[C@H](C[C@@H](NC(C)=O)c1nc(C(=O)N[C@@H](Cc2ccc(NC(=O)CN)cc2)CC(C)(C)C(O)O)cs1)C(C)C. The van der Waals surface area contributed by atoms with Crippen molar-refractivity contribution in [2.45, 2.75) is 163 Å². The highest BCUT2D eigenvalue weighted by Gasteiger charge is 2.38. The number of piperidine rings is 1. The summed E-state index contributed by atoms with van der Waals surface area (Å²) >= 11 is 1.25.